The molecule has 0 amide bonds. The van der Waals surface area contributed by atoms with Gasteiger partial charge in [0.05, 0.1) is 6.10 Å². The van der Waals surface area contributed by atoms with E-state index in [2.05, 4.69) is 0 Å². The molecule has 0 aliphatic rings. The minimum Gasteiger partial charge on any atom is -0.396 e. The molecule has 0 heterocycles. The normalized spacial score (nSPS) is 17.3. The van der Waals surface area contributed by atoms with E-state index in [4.69, 9.17) is 20.9 Å². The molecule has 0 aliphatic carbocycles. The van der Waals surface area contributed by atoms with Crippen LogP contribution in [0.2, 0.25) is 0 Å². The summed E-state index contributed by atoms with van der Waals surface area (Å²) in [5.74, 6) is 0. The van der Waals surface area contributed by atoms with Crippen LogP contribution >= 0.6 is 18.6 Å². The lowest BCUT2D eigenvalue weighted by molar-refractivity contribution is 0.192. The summed E-state index contributed by atoms with van der Waals surface area (Å²) in [5.41, 5.74) is 0.899. The fourth-order valence-electron chi connectivity index (χ4n) is 0.964. The van der Waals surface area contributed by atoms with Gasteiger partial charge in [-0.3, -0.25) is 4.57 Å². The van der Waals surface area contributed by atoms with Gasteiger partial charge < -0.3 is 9.63 Å². The molecule has 0 bridgehead atoms. The van der Waals surface area contributed by atoms with E-state index in [0.29, 0.717) is 6.42 Å². The number of aliphatic hydroxyl groups excluding tert-OH is 1. The Hall–Kier alpha value is -0.0800. The van der Waals surface area contributed by atoms with Crippen LogP contribution < -0.4 is 0 Å². The molecule has 82 valence electrons. The molecule has 0 fully saturated rings. The Morgan fingerprint density at radius 3 is 2.79 bits per heavy atom. The standard InChI is InChI=1S/C9H16ClO3P/c1-3-4-5-8(2)9(6-7-11)13-14(10)12/h3-5,9,11,14H,6-7H2,1-2H3/b4-3-,8-5+/t9-/m0/s1. The molecule has 0 spiro atoms. The molecule has 0 aromatic rings. The van der Waals surface area contributed by atoms with Crippen LogP contribution in [-0.4, -0.2) is 17.8 Å². The Bertz CT molecular complexity index is 238. The average molecular weight is 239 g/mol. The van der Waals surface area contributed by atoms with Crippen molar-refractivity contribution in [2.45, 2.75) is 26.4 Å². The van der Waals surface area contributed by atoms with Gasteiger partial charge in [-0.2, -0.15) is 0 Å². The van der Waals surface area contributed by atoms with Gasteiger partial charge in [0, 0.05) is 13.0 Å². The molecular weight excluding hydrogens is 223 g/mol. The number of halogens is 1. The van der Waals surface area contributed by atoms with Crippen LogP contribution in [0.4, 0.5) is 0 Å². The molecule has 1 N–H and O–H groups in total. The van der Waals surface area contributed by atoms with Crippen LogP contribution in [0.5, 0.6) is 0 Å². The Morgan fingerprint density at radius 1 is 1.71 bits per heavy atom. The third kappa shape index (κ3) is 6.39. The van der Waals surface area contributed by atoms with E-state index in [9.17, 15) is 4.57 Å². The number of aliphatic hydroxyl groups is 1. The van der Waals surface area contributed by atoms with Crippen LogP contribution in [0.25, 0.3) is 0 Å². The lowest BCUT2D eigenvalue weighted by Crippen LogP contribution is -2.12. The van der Waals surface area contributed by atoms with E-state index < -0.39 is 7.38 Å². The summed E-state index contributed by atoms with van der Waals surface area (Å²) in [5, 5.41) is 8.76. The summed E-state index contributed by atoms with van der Waals surface area (Å²) >= 11 is 5.28. The van der Waals surface area contributed by atoms with Crippen LogP contribution in [0.3, 0.4) is 0 Å². The van der Waals surface area contributed by atoms with E-state index in [1.165, 1.54) is 0 Å². The lowest BCUT2D eigenvalue weighted by atomic mass is 10.1. The first kappa shape index (κ1) is 13.9. The SMILES string of the molecule is C/C=C\C=C(/C)[C@H](CCO)O[PH](=O)Cl. The molecule has 1 unspecified atom stereocenters. The molecule has 14 heavy (non-hydrogen) atoms. The lowest BCUT2D eigenvalue weighted by Gasteiger charge is -2.14. The van der Waals surface area contributed by atoms with Crippen molar-refractivity contribution in [3.05, 3.63) is 23.8 Å². The van der Waals surface area contributed by atoms with Gasteiger partial charge in [0.25, 0.3) is 7.38 Å². The average Bonchev–Trinajstić information content (AvgIpc) is 2.13. The first-order valence-corrected chi connectivity index (χ1v) is 6.71. The number of hydrogen-bond donors (Lipinski definition) is 1. The summed E-state index contributed by atoms with van der Waals surface area (Å²) in [6, 6.07) is 0. The fourth-order valence-corrected chi connectivity index (χ4v) is 1.81. The molecule has 0 aliphatic heterocycles. The number of rotatable bonds is 6. The fraction of sp³-hybridized carbons (Fsp3) is 0.556. The first-order valence-electron chi connectivity index (χ1n) is 4.38. The van der Waals surface area contributed by atoms with E-state index in [-0.39, 0.29) is 12.7 Å². The maximum absolute atomic E-state index is 10.7. The van der Waals surface area contributed by atoms with Crippen LogP contribution in [-0.2, 0) is 9.09 Å². The smallest absolute Gasteiger partial charge is 0.279 e. The zero-order chi connectivity index (χ0) is 11.0. The largest absolute Gasteiger partial charge is 0.396 e. The van der Waals surface area contributed by atoms with Gasteiger partial charge in [-0.05, 0) is 30.7 Å². The molecular formula is C9H16ClO3P. The van der Waals surface area contributed by atoms with Gasteiger partial charge in [-0.15, -0.1) is 0 Å². The van der Waals surface area contributed by atoms with Gasteiger partial charge in [0.2, 0.25) is 0 Å². The molecule has 0 aromatic carbocycles. The summed E-state index contributed by atoms with van der Waals surface area (Å²) in [6.45, 7) is 3.73. The number of allylic oxidation sites excluding steroid dienone is 3. The van der Waals surface area contributed by atoms with E-state index in [1.807, 2.05) is 32.1 Å². The monoisotopic (exact) mass is 238 g/mol. The topological polar surface area (TPSA) is 46.5 Å². The molecule has 0 radical (unpaired) electrons. The first-order chi connectivity index (χ1) is 6.61. The van der Waals surface area contributed by atoms with Crippen molar-refractivity contribution < 1.29 is 14.2 Å². The van der Waals surface area contributed by atoms with Gasteiger partial charge in [0.15, 0.2) is 0 Å². The third-order valence-corrected chi connectivity index (χ3v) is 2.42. The van der Waals surface area contributed by atoms with Crippen LogP contribution in [0.1, 0.15) is 20.3 Å². The van der Waals surface area contributed by atoms with Crippen molar-refractivity contribution in [2.24, 2.45) is 0 Å². The highest BCUT2D eigenvalue weighted by molar-refractivity contribution is 7.69. The molecule has 3 nitrogen and oxygen atoms in total. The van der Waals surface area contributed by atoms with Crippen molar-refractivity contribution in [3.63, 3.8) is 0 Å². The molecule has 0 rings (SSSR count). The highest BCUT2D eigenvalue weighted by atomic mass is 35.7. The Balaban J connectivity index is 4.38. The molecule has 5 heteroatoms. The minimum atomic E-state index is -2.48. The van der Waals surface area contributed by atoms with Crippen molar-refractivity contribution >= 4 is 18.6 Å². The Kier molecular flexibility index (Phi) is 8.20. The second-order valence-corrected chi connectivity index (χ2v) is 4.43. The third-order valence-electron chi connectivity index (χ3n) is 1.69. The van der Waals surface area contributed by atoms with Gasteiger partial charge in [0.1, 0.15) is 0 Å². The minimum absolute atomic E-state index is 0.0161. The molecule has 0 saturated carbocycles. The van der Waals surface area contributed by atoms with Crippen LogP contribution in [0, 0.1) is 0 Å². The summed E-state index contributed by atoms with van der Waals surface area (Å²) in [7, 11) is -2.48. The highest BCUT2D eigenvalue weighted by Crippen LogP contribution is 2.32. The van der Waals surface area contributed by atoms with E-state index in [0.717, 1.165) is 5.57 Å². The van der Waals surface area contributed by atoms with Crippen LogP contribution in [0.15, 0.2) is 23.8 Å². The maximum atomic E-state index is 10.7. The van der Waals surface area contributed by atoms with E-state index in [1.54, 1.807) is 0 Å². The highest BCUT2D eigenvalue weighted by Gasteiger charge is 2.12. The quantitative estimate of drug-likeness (QED) is 0.572. The molecule has 0 aromatic heterocycles. The van der Waals surface area contributed by atoms with E-state index >= 15 is 0 Å². The Labute approximate surface area is 90.1 Å². The second-order valence-electron chi connectivity index (χ2n) is 2.79. The predicted molar refractivity (Wildman–Crippen MR) is 60.0 cm³/mol. The van der Waals surface area contributed by atoms with Crippen molar-refractivity contribution in [1.29, 1.82) is 0 Å². The summed E-state index contributed by atoms with van der Waals surface area (Å²) < 4.78 is 15.7. The van der Waals surface area contributed by atoms with Crippen molar-refractivity contribution in [2.75, 3.05) is 6.61 Å². The van der Waals surface area contributed by atoms with Crippen molar-refractivity contribution in [1.82, 2.24) is 0 Å². The van der Waals surface area contributed by atoms with Gasteiger partial charge in [-0.25, -0.2) is 0 Å². The van der Waals surface area contributed by atoms with Gasteiger partial charge in [-0.1, -0.05) is 18.2 Å². The zero-order valence-electron chi connectivity index (χ0n) is 8.37. The number of hydrogen-bond acceptors (Lipinski definition) is 3. The Morgan fingerprint density at radius 2 is 2.36 bits per heavy atom. The molecule has 2 atom stereocenters. The zero-order valence-corrected chi connectivity index (χ0v) is 10.1. The maximum Gasteiger partial charge on any atom is 0.279 e. The second kappa shape index (κ2) is 8.25. The predicted octanol–water partition coefficient (Wildman–Crippen LogP) is 2.90. The van der Waals surface area contributed by atoms with Gasteiger partial charge >= 0.3 is 0 Å². The summed E-state index contributed by atoms with van der Waals surface area (Å²) in [6.07, 6.45) is 5.63. The molecule has 0 saturated heterocycles. The summed E-state index contributed by atoms with van der Waals surface area (Å²) in [4.78, 5) is 0. The van der Waals surface area contributed by atoms with Crippen molar-refractivity contribution in [3.8, 4) is 0 Å².